The van der Waals surface area contributed by atoms with Crippen LogP contribution < -0.4 is 4.90 Å². The molecule has 7 heteroatoms. The number of anilines is 1. The number of pyridine rings is 1. The maximum Gasteiger partial charge on any atom is 0.255 e. The molecule has 1 N–H and O–H groups in total. The Hall–Kier alpha value is -2.54. The zero-order chi connectivity index (χ0) is 18.7. The summed E-state index contributed by atoms with van der Waals surface area (Å²) in [5, 5.41) is 11.1. The van der Waals surface area contributed by atoms with Gasteiger partial charge in [0.05, 0.1) is 17.7 Å². The van der Waals surface area contributed by atoms with Crippen LogP contribution in [0.3, 0.4) is 0 Å². The van der Waals surface area contributed by atoms with Gasteiger partial charge in [-0.3, -0.25) is 9.78 Å². The zero-order valence-corrected chi connectivity index (χ0v) is 15.5. The molecule has 3 heterocycles. The lowest BCUT2D eigenvalue weighted by molar-refractivity contribution is -0.000176. The van der Waals surface area contributed by atoms with Crippen LogP contribution in [0.4, 0.5) is 5.82 Å². The molecule has 0 bridgehead atoms. The number of nitrogens with zero attached hydrogens (tertiary/aromatic N) is 5. The van der Waals surface area contributed by atoms with Gasteiger partial charge in [0.2, 0.25) is 0 Å². The highest BCUT2D eigenvalue weighted by molar-refractivity contribution is 5.95. The number of rotatable bonds is 4. The van der Waals surface area contributed by atoms with Gasteiger partial charge >= 0.3 is 0 Å². The van der Waals surface area contributed by atoms with Crippen molar-refractivity contribution in [2.75, 3.05) is 31.6 Å². The molecule has 2 aromatic rings. The van der Waals surface area contributed by atoms with E-state index in [1.54, 1.807) is 36.6 Å². The van der Waals surface area contributed by atoms with Crippen molar-refractivity contribution in [3.8, 4) is 0 Å². The SMILES string of the molecule is Cc1cc(N2CCCC(O)(CN(C)C(=O)c3cccnc3C)C2)ncn1. The van der Waals surface area contributed by atoms with E-state index >= 15 is 0 Å². The largest absolute Gasteiger partial charge is 0.386 e. The quantitative estimate of drug-likeness (QED) is 0.897. The van der Waals surface area contributed by atoms with Gasteiger partial charge in [-0.05, 0) is 38.8 Å². The number of β-amino-alcohol motifs (C(OH)–C–C–N with tert-alkyl or cyclic N) is 1. The molecule has 1 aliphatic rings. The van der Waals surface area contributed by atoms with Crippen molar-refractivity contribution in [2.24, 2.45) is 0 Å². The van der Waals surface area contributed by atoms with Crippen LogP contribution in [0.2, 0.25) is 0 Å². The Labute approximate surface area is 153 Å². The van der Waals surface area contributed by atoms with Crippen molar-refractivity contribution in [1.29, 1.82) is 0 Å². The molecule has 0 radical (unpaired) electrons. The molecule has 1 unspecified atom stereocenters. The maximum atomic E-state index is 12.7. The number of likely N-dealkylation sites (N-methyl/N-ethyl adjacent to an activating group) is 1. The standard InChI is InChI=1S/C19H25N5O2/c1-14-10-17(22-13-21-14)24-9-5-7-19(26,12-24)11-23(3)18(25)16-6-4-8-20-15(16)2/h4,6,8,10,13,26H,5,7,9,11-12H2,1-3H3. The van der Waals surface area contributed by atoms with Gasteiger partial charge in [-0.25, -0.2) is 9.97 Å². The van der Waals surface area contributed by atoms with E-state index in [4.69, 9.17) is 0 Å². The van der Waals surface area contributed by atoms with Crippen molar-refractivity contribution in [1.82, 2.24) is 19.9 Å². The summed E-state index contributed by atoms with van der Waals surface area (Å²) in [6.45, 7) is 5.27. The molecule has 0 aliphatic carbocycles. The molecular formula is C19H25N5O2. The lowest BCUT2D eigenvalue weighted by Gasteiger charge is -2.41. The van der Waals surface area contributed by atoms with Crippen molar-refractivity contribution < 1.29 is 9.90 Å². The second-order valence-corrected chi connectivity index (χ2v) is 7.06. The molecule has 138 valence electrons. The van der Waals surface area contributed by atoms with Crippen LogP contribution >= 0.6 is 0 Å². The van der Waals surface area contributed by atoms with Crippen molar-refractivity contribution in [2.45, 2.75) is 32.3 Å². The summed E-state index contributed by atoms with van der Waals surface area (Å²) in [5.41, 5.74) is 1.18. The molecule has 2 aromatic heterocycles. The van der Waals surface area contributed by atoms with Gasteiger partial charge in [0.25, 0.3) is 5.91 Å². The first kappa shape index (κ1) is 18.3. The number of aliphatic hydroxyl groups is 1. The number of amides is 1. The molecule has 1 aliphatic heterocycles. The predicted molar refractivity (Wildman–Crippen MR) is 99.1 cm³/mol. The first-order valence-corrected chi connectivity index (χ1v) is 8.81. The van der Waals surface area contributed by atoms with Gasteiger partial charge in [0, 0.05) is 43.8 Å². The van der Waals surface area contributed by atoms with E-state index in [0.717, 1.165) is 24.5 Å². The maximum absolute atomic E-state index is 12.7. The first-order chi connectivity index (χ1) is 12.4. The Morgan fingerprint density at radius 2 is 2.15 bits per heavy atom. The van der Waals surface area contributed by atoms with E-state index in [9.17, 15) is 9.90 Å². The van der Waals surface area contributed by atoms with E-state index in [0.29, 0.717) is 24.2 Å². The van der Waals surface area contributed by atoms with Crippen LogP contribution in [0.15, 0.2) is 30.7 Å². The fourth-order valence-corrected chi connectivity index (χ4v) is 3.48. The van der Waals surface area contributed by atoms with Gasteiger partial charge < -0.3 is 14.9 Å². The fourth-order valence-electron chi connectivity index (χ4n) is 3.48. The smallest absolute Gasteiger partial charge is 0.255 e. The minimum atomic E-state index is -0.975. The molecule has 1 fully saturated rings. The molecule has 7 nitrogen and oxygen atoms in total. The monoisotopic (exact) mass is 355 g/mol. The number of carbonyl (C=O) groups is 1. The summed E-state index contributed by atoms with van der Waals surface area (Å²) in [4.78, 5) is 29.0. The van der Waals surface area contributed by atoms with Crippen LogP contribution in [0.25, 0.3) is 0 Å². The summed E-state index contributed by atoms with van der Waals surface area (Å²) in [5.74, 6) is 0.687. The molecule has 1 saturated heterocycles. The fraction of sp³-hybridized carbons (Fsp3) is 0.474. The van der Waals surface area contributed by atoms with Crippen molar-refractivity contribution in [3.63, 3.8) is 0 Å². The minimum Gasteiger partial charge on any atom is -0.386 e. The minimum absolute atomic E-state index is 0.126. The Bertz CT molecular complexity index is 797. The third-order valence-corrected chi connectivity index (χ3v) is 4.78. The summed E-state index contributed by atoms with van der Waals surface area (Å²) >= 11 is 0. The normalized spacial score (nSPS) is 20.1. The Balaban J connectivity index is 1.71. The van der Waals surface area contributed by atoms with Crippen molar-refractivity contribution >= 4 is 11.7 Å². The molecular weight excluding hydrogens is 330 g/mol. The van der Waals surface area contributed by atoms with E-state index in [2.05, 4.69) is 19.9 Å². The number of aryl methyl sites for hydroxylation is 2. The number of hydrogen-bond donors (Lipinski definition) is 1. The molecule has 3 rings (SSSR count). The van der Waals surface area contributed by atoms with Crippen LogP contribution in [-0.2, 0) is 0 Å². The average molecular weight is 355 g/mol. The molecule has 1 atom stereocenters. The third-order valence-electron chi connectivity index (χ3n) is 4.78. The lowest BCUT2D eigenvalue weighted by atomic mass is 9.92. The molecule has 26 heavy (non-hydrogen) atoms. The van der Waals surface area contributed by atoms with Crippen LogP contribution in [0, 0.1) is 13.8 Å². The summed E-state index contributed by atoms with van der Waals surface area (Å²) < 4.78 is 0. The van der Waals surface area contributed by atoms with Gasteiger partial charge in [-0.1, -0.05) is 0 Å². The van der Waals surface area contributed by atoms with Crippen LogP contribution in [0.1, 0.15) is 34.6 Å². The third kappa shape index (κ3) is 3.99. The Morgan fingerprint density at radius 1 is 1.35 bits per heavy atom. The van der Waals surface area contributed by atoms with Crippen LogP contribution in [-0.4, -0.2) is 63.1 Å². The second kappa shape index (κ2) is 7.37. The van der Waals surface area contributed by atoms with Gasteiger partial charge in [-0.2, -0.15) is 0 Å². The molecule has 1 amide bonds. The Morgan fingerprint density at radius 3 is 2.88 bits per heavy atom. The molecule has 0 spiro atoms. The van der Waals surface area contributed by atoms with E-state index < -0.39 is 5.60 Å². The lowest BCUT2D eigenvalue weighted by Crippen LogP contribution is -2.55. The average Bonchev–Trinajstić information content (AvgIpc) is 2.61. The highest BCUT2D eigenvalue weighted by atomic mass is 16.3. The number of piperidine rings is 1. The summed E-state index contributed by atoms with van der Waals surface area (Å²) in [6, 6.07) is 5.43. The van der Waals surface area contributed by atoms with E-state index in [-0.39, 0.29) is 12.5 Å². The zero-order valence-electron chi connectivity index (χ0n) is 15.5. The molecule has 0 saturated carbocycles. The second-order valence-electron chi connectivity index (χ2n) is 7.06. The van der Waals surface area contributed by atoms with Gasteiger partial charge in [-0.15, -0.1) is 0 Å². The number of carbonyl (C=O) groups excluding carboxylic acids is 1. The Kier molecular flexibility index (Phi) is 5.18. The van der Waals surface area contributed by atoms with Gasteiger partial charge in [0.1, 0.15) is 12.1 Å². The predicted octanol–water partition coefficient (Wildman–Crippen LogP) is 1.59. The summed E-state index contributed by atoms with van der Waals surface area (Å²) in [6.07, 6.45) is 4.70. The number of hydrogen-bond acceptors (Lipinski definition) is 6. The molecule has 0 aromatic carbocycles. The van der Waals surface area contributed by atoms with Gasteiger partial charge in [0.15, 0.2) is 0 Å². The summed E-state index contributed by atoms with van der Waals surface area (Å²) in [7, 11) is 1.72. The highest BCUT2D eigenvalue weighted by Crippen LogP contribution is 2.26. The van der Waals surface area contributed by atoms with Crippen molar-refractivity contribution in [3.05, 3.63) is 47.7 Å². The topological polar surface area (TPSA) is 82.5 Å². The number of aromatic nitrogens is 3. The van der Waals surface area contributed by atoms with Crippen LogP contribution in [0.5, 0.6) is 0 Å². The van der Waals surface area contributed by atoms with E-state index in [1.807, 2.05) is 19.9 Å². The highest BCUT2D eigenvalue weighted by Gasteiger charge is 2.36. The van der Waals surface area contributed by atoms with E-state index in [1.165, 1.54) is 0 Å². The first-order valence-electron chi connectivity index (χ1n) is 8.81.